The van der Waals surface area contributed by atoms with Crippen molar-refractivity contribution in [2.75, 3.05) is 5.32 Å². The molecule has 0 unspecified atom stereocenters. The minimum absolute atomic E-state index is 0.0678. The topological polar surface area (TPSA) is 46.9 Å². The molecule has 2 aromatic rings. The molecule has 1 amide bonds. The van der Waals surface area contributed by atoms with Crippen molar-refractivity contribution in [2.45, 2.75) is 52.0 Å². The second-order valence-electron chi connectivity index (χ2n) is 6.06. The van der Waals surface area contributed by atoms with Gasteiger partial charge in [0, 0.05) is 11.6 Å². The van der Waals surface area contributed by atoms with Crippen molar-refractivity contribution in [2.24, 2.45) is 0 Å². The monoisotopic (exact) mass is 297 g/mol. The molecular weight excluding hydrogens is 274 g/mol. The van der Waals surface area contributed by atoms with Gasteiger partial charge in [-0.05, 0) is 43.9 Å². The second kappa shape index (κ2) is 6.34. The van der Waals surface area contributed by atoms with E-state index in [4.69, 9.17) is 0 Å². The zero-order valence-electron chi connectivity index (χ0n) is 13.3. The molecule has 0 spiro atoms. The summed E-state index contributed by atoms with van der Waals surface area (Å²) in [7, 11) is 0. The summed E-state index contributed by atoms with van der Waals surface area (Å²) in [4.78, 5) is 12.4. The number of amides is 1. The van der Waals surface area contributed by atoms with Crippen LogP contribution in [0.1, 0.15) is 60.3 Å². The Balaban J connectivity index is 1.78. The lowest BCUT2D eigenvalue weighted by Gasteiger charge is -2.14. The van der Waals surface area contributed by atoms with E-state index in [9.17, 15) is 4.79 Å². The summed E-state index contributed by atoms with van der Waals surface area (Å²) in [6, 6.07) is 10.2. The van der Waals surface area contributed by atoms with Gasteiger partial charge in [0.25, 0.3) is 5.91 Å². The van der Waals surface area contributed by atoms with Crippen LogP contribution in [-0.2, 0) is 6.42 Å². The van der Waals surface area contributed by atoms with Crippen LogP contribution in [0.15, 0.2) is 30.3 Å². The van der Waals surface area contributed by atoms with Crippen molar-refractivity contribution >= 4 is 11.7 Å². The highest BCUT2D eigenvalue weighted by molar-refractivity contribution is 6.03. The minimum atomic E-state index is -0.0678. The molecule has 4 nitrogen and oxygen atoms in total. The second-order valence-corrected chi connectivity index (χ2v) is 6.06. The summed E-state index contributed by atoms with van der Waals surface area (Å²) in [5.74, 6) is 0.746. The van der Waals surface area contributed by atoms with Gasteiger partial charge >= 0.3 is 0 Å². The van der Waals surface area contributed by atoms with E-state index in [0.29, 0.717) is 11.6 Å². The molecule has 1 aromatic carbocycles. The molecule has 1 aliphatic rings. The molecule has 1 heterocycles. The molecule has 1 aromatic heterocycles. The lowest BCUT2D eigenvalue weighted by Crippen LogP contribution is -2.17. The fraction of sp³-hybridized carbons (Fsp3) is 0.444. The van der Waals surface area contributed by atoms with Crippen molar-refractivity contribution in [3.63, 3.8) is 0 Å². The summed E-state index contributed by atoms with van der Waals surface area (Å²) in [5.41, 5.74) is 2.88. The number of nitrogens with one attached hydrogen (secondary N) is 1. The maximum atomic E-state index is 12.4. The molecule has 1 N–H and O–H groups in total. The van der Waals surface area contributed by atoms with Crippen LogP contribution in [0.4, 0.5) is 5.82 Å². The predicted molar refractivity (Wildman–Crippen MR) is 88.2 cm³/mol. The van der Waals surface area contributed by atoms with Gasteiger partial charge in [-0.3, -0.25) is 4.79 Å². The van der Waals surface area contributed by atoms with Gasteiger partial charge in [0.05, 0.1) is 11.7 Å². The van der Waals surface area contributed by atoms with Crippen LogP contribution in [0.3, 0.4) is 0 Å². The molecule has 1 aliphatic carbocycles. The van der Waals surface area contributed by atoms with Gasteiger partial charge < -0.3 is 5.32 Å². The first kappa shape index (κ1) is 14.8. The highest BCUT2D eigenvalue weighted by atomic mass is 16.1. The number of rotatable bonds is 4. The fourth-order valence-corrected chi connectivity index (χ4v) is 3.12. The molecule has 1 saturated carbocycles. The van der Waals surface area contributed by atoms with Gasteiger partial charge in [-0.15, -0.1) is 0 Å². The van der Waals surface area contributed by atoms with Gasteiger partial charge in [-0.25, -0.2) is 4.68 Å². The predicted octanol–water partition coefficient (Wildman–Crippen LogP) is 4.12. The third-order valence-electron chi connectivity index (χ3n) is 4.39. The van der Waals surface area contributed by atoms with Gasteiger partial charge in [-0.2, -0.15) is 5.10 Å². The van der Waals surface area contributed by atoms with Crippen molar-refractivity contribution in [3.8, 4) is 0 Å². The van der Waals surface area contributed by atoms with Crippen LogP contribution >= 0.6 is 0 Å². The van der Waals surface area contributed by atoms with E-state index in [0.717, 1.165) is 30.8 Å². The molecule has 22 heavy (non-hydrogen) atoms. The Morgan fingerprint density at radius 1 is 1.27 bits per heavy atom. The number of carbonyl (C=O) groups is 1. The zero-order chi connectivity index (χ0) is 15.5. The van der Waals surface area contributed by atoms with Crippen LogP contribution in [0.5, 0.6) is 0 Å². The Labute approximate surface area is 131 Å². The van der Waals surface area contributed by atoms with Crippen molar-refractivity contribution in [1.82, 2.24) is 9.78 Å². The maximum absolute atomic E-state index is 12.4. The molecule has 0 atom stereocenters. The summed E-state index contributed by atoms with van der Waals surface area (Å²) < 4.78 is 2.00. The van der Waals surface area contributed by atoms with E-state index in [1.807, 2.05) is 41.9 Å². The van der Waals surface area contributed by atoms with Crippen LogP contribution in [0.2, 0.25) is 0 Å². The third-order valence-corrected chi connectivity index (χ3v) is 4.39. The first-order valence-electron chi connectivity index (χ1n) is 8.14. The summed E-state index contributed by atoms with van der Waals surface area (Å²) >= 11 is 0. The van der Waals surface area contributed by atoms with Gasteiger partial charge in [0.1, 0.15) is 5.82 Å². The highest BCUT2D eigenvalue weighted by Gasteiger charge is 2.21. The first-order valence-corrected chi connectivity index (χ1v) is 8.14. The molecule has 0 bridgehead atoms. The number of hydrogen-bond donors (Lipinski definition) is 1. The standard InChI is InChI=1S/C18H23N3O/c1-3-14-8-10-15(11-9-14)18(22)19-17-12-13(2)20-21(17)16-6-4-5-7-16/h8-12,16H,3-7H2,1-2H3,(H,19,22). The highest BCUT2D eigenvalue weighted by Crippen LogP contribution is 2.31. The normalized spacial score (nSPS) is 15.2. The lowest BCUT2D eigenvalue weighted by molar-refractivity contribution is 0.102. The fourth-order valence-electron chi connectivity index (χ4n) is 3.12. The van der Waals surface area contributed by atoms with Crippen LogP contribution in [-0.4, -0.2) is 15.7 Å². The number of nitrogens with zero attached hydrogens (tertiary/aromatic N) is 2. The van der Waals surface area contributed by atoms with Gasteiger partial charge in [0.15, 0.2) is 0 Å². The first-order chi connectivity index (χ1) is 10.7. The molecular formula is C18H23N3O. The Kier molecular flexibility index (Phi) is 4.27. The van der Waals surface area contributed by atoms with Crippen molar-refractivity contribution < 1.29 is 4.79 Å². The Hall–Kier alpha value is -2.10. The number of carbonyl (C=O) groups excluding carboxylic acids is 1. The average molecular weight is 297 g/mol. The van der Waals surface area contributed by atoms with Gasteiger partial charge in [0.2, 0.25) is 0 Å². The molecule has 3 rings (SSSR count). The average Bonchev–Trinajstić information content (AvgIpc) is 3.17. The smallest absolute Gasteiger partial charge is 0.256 e. The Morgan fingerprint density at radius 2 is 1.95 bits per heavy atom. The molecule has 0 saturated heterocycles. The summed E-state index contributed by atoms with van der Waals surface area (Å²) in [6.07, 6.45) is 5.77. The molecule has 4 heteroatoms. The summed E-state index contributed by atoms with van der Waals surface area (Å²) in [6.45, 7) is 4.08. The van der Waals surface area contributed by atoms with Crippen LogP contribution in [0.25, 0.3) is 0 Å². The zero-order valence-corrected chi connectivity index (χ0v) is 13.3. The van der Waals surface area contributed by atoms with Crippen molar-refractivity contribution in [1.29, 1.82) is 0 Å². The van der Waals surface area contributed by atoms with Crippen LogP contribution < -0.4 is 5.32 Å². The largest absolute Gasteiger partial charge is 0.307 e. The number of aromatic nitrogens is 2. The van der Waals surface area contributed by atoms with E-state index in [1.54, 1.807) is 0 Å². The van der Waals surface area contributed by atoms with E-state index < -0.39 is 0 Å². The minimum Gasteiger partial charge on any atom is -0.307 e. The van der Waals surface area contributed by atoms with Crippen molar-refractivity contribution in [3.05, 3.63) is 47.2 Å². The van der Waals surface area contributed by atoms with E-state index >= 15 is 0 Å². The lowest BCUT2D eigenvalue weighted by atomic mass is 10.1. The van der Waals surface area contributed by atoms with Crippen LogP contribution in [0, 0.1) is 6.92 Å². The number of hydrogen-bond acceptors (Lipinski definition) is 2. The quantitative estimate of drug-likeness (QED) is 0.922. The van der Waals surface area contributed by atoms with E-state index in [2.05, 4.69) is 17.3 Å². The van der Waals surface area contributed by atoms with E-state index in [-0.39, 0.29) is 5.91 Å². The molecule has 0 aliphatic heterocycles. The Bertz CT molecular complexity index is 651. The molecule has 0 radical (unpaired) electrons. The Morgan fingerprint density at radius 3 is 2.59 bits per heavy atom. The van der Waals surface area contributed by atoms with Gasteiger partial charge in [-0.1, -0.05) is 31.9 Å². The summed E-state index contributed by atoms with van der Waals surface area (Å²) in [5, 5.41) is 7.59. The SMILES string of the molecule is CCc1ccc(C(=O)Nc2cc(C)nn2C2CCCC2)cc1. The number of aryl methyl sites for hydroxylation is 2. The third kappa shape index (κ3) is 3.06. The molecule has 116 valence electrons. The number of benzene rings is 1. The maximum Gasteiger partial charge on any atom is 0.256 e. The number of anilines is 1. The molecule has 1 fully saturated rings. The van der Waals surface area contributed by atoms with E-state index in [1.165, 1.54) is 18.4 Å².